The number of aliphatic hydroxyl groups excluding tert-OH is 5. The number of carbonyl (C=O) groups excluding carboxylic acids is 1. The zero-order valence-electron chi connectivity index (χ0n) is 44.8. The lowest BCUT2D eigenvalue weighted by atomic mass is 9.85. The quantitative estimate of drug-likeness (QED) is 0.0146. The third-order valence-corrected chi connectivity index (χ3v) is 14.1. The number of rotatable bonds is 49. The Kier molecular flexibility index (Phi) is 45.1. The molecule has 12 nitrogen and oxygen atoms in total. The lowest BCUT2D eigenvalue weighted by Crippen LogP contribution is -2.64. The molecule has 1 aliphatic carbocycles. The van der Waals surface area contributed by atoms with Crippen molar-refractivity contribution in [3.05, 3.63) is 60.8 Å². The molecule has 6 unspecified atom stereocenters. The van der Waals surface area contributed by atoms with Crippen LogP contribution in [0.4, 0.5) is 0 Å². The van der Waals surface area contributed by atoms with Gasteiger partial charge in [-0.2, -0.15) is 0 Å². The molecule has 0 aromatic rings. The summed E-state index contributed by atoms with van der Waals surface area (Å²) < 4.78 is 34.4. The molecule has 414 valence electrons. The first-order valence-electron chi connectivity index (χ1n) is 28.6. The number of carbonyl (C=O) groups is 1. The van der Waals surface area contributed by atoms with Crippen LogP contribution in [0.5, 0.6) is 0 Å². The number of phosphoric acid groups is 1. The van der Waals surface area contributed by atoms with Gasteiger partial charge in [-0.1, -0.05) is 235 Å². The van der Waals surface area contributed by atoms with Crippen LogP contribution in [0.2, 0.25) is 0 Å². The van der Waals surface area contributed by atoms with Gasteiger partial charge in [0.25, 0.3) is 0 Å². The largest absolute Gasteiger partial charge is 0.472 e. The molecule has 0 amide bonds. The summed E-state index contributed by atoms with van der Waals surface area (Å²) in [4.78, 5) is 23.3. The predicted octanol–water partition coefficient (Wildman–Crippen LogP) is 13.7. The number of unbranched alkanes of at least 4 members (excludes halogenated alkanes) is 27. The minimum atomic E-state index is -5.03. The van der Waals surface area contributed by atoms with Gasteiger partial charge in [0, 0.05) is 13.0 Å². The van der Waals surface area contributed by atoms with Gasteiger partial charge in [-0.3, -0.25) is 13.8 Å². The zero-order chi connectivity index (χ0) is 51.9. The number of esters is 1. The second-order valence-electron chi connectivity index (χ2n) is 19.8. The van der Waals surface area contributed by atoms with E-state index in [0.29, 0.717) is 13.0 Å². The number of hydrogen-bond donors (Lipinski definition) is 6. The summed E-state index contributed by atoms with van der Waals surface area (Å²) in [6, 6.07) is 0. The molecular weight excluding hydrogens is 920 g/mol. The van der Waals surface area contributed by atoms with Crippen molar-refractivity contribution in [1.82, 2.24) is 0 Å². The molecular formula is C58H105O12P. The topological polar surface area (TPSA) is 192 Å². The third kappa shape index (κ3) is 39.2. The van der Waals surface area contributed by atoms with Crippen LogP contribution in [-0.4, -0.2) is 98.9 Å². The summed E-state index contributed by atoms with van der Waals surface area (Å²) in [6.45, 7) is 4.15. The van der Waals surface area contributed by atoms with Gasteiger partial charge in [0.05, 0.1) is 13.2 Å². The van der Waals surface area contributed by atoms with E-state index in [0.717, 1.165) is 96.3 Å². The summed E-state index contributed by atoms with van der Waals surface area (Å²) in [7, 11) is -5.03. The molecule has 6 atom stereocenters. The minimum Gasteiger partial charge on any atom is -0.457 e. The summed E-state index contributed by atoms with van der Waals surface area (Å²) in [5.74, 6) is -0.480. The monoisotopic (exact) mass is 1020 g/mol. The summed E-state index contributed by atoms with van der Waals surface area (Å²) in [5.41, 5.74) is 0. The Morgan fingerprint density at radius 1 is 0.465 bits per heavy atom. The van der Waals surface area contributed by atoms with E-state index in [2.05, 4.69) is 74.6 Å². The molecule has 0 spiro atoms. The molecule has 0 radical (unpaired) electrons. The normalized spacial score (nSPS) is 21.2. The number of allylic oxidation sites excluding steroid dienone is 10. The SMILES string of the molecule is CC/C=C\C/C=C\C/C=C\C/C=C\C/C=C\CCCCCCCCOCC(COP(=O)(O)OC1C(O)C(O)C(O)C(O)C1O)OC(=O)CCCCCCCCCCCCCCCCCCCCCCCC. The van der Waals surface area contributed by atoms with Crippen LogP contribution in [0, 0.1) is 0 Å². The Morgan fingerprint density at radius 3 is 1.27 bits per heavy atom. The zero-order valence-corrected chi connectivity index (χ0v) is 45.7. The highest BCUT2D eigenvalue weighted by atomic mass is 31.2. The number of phosphoric ester groups is 1. The van der Waals surface area contributed by atoms with Crippen molar-refractivity contribution < 1.29 is 58.3 Å². The van der Waals surface area contributed by atoms with Crippen LogP contribution < -0.4 is 0 Å². The van der Waals surface area contributed by atoms with Gasteiger partial charge in [-0.15, -0.1) is 0 Å². The minimum absolute atomic E-state index is 0.0867. The van der Waals surface area contributed by atoms with Crippen LogP contribution in [0.1, 0.15) is 239 Å². The van der Waals surface area contributed by atoms with E-state index in [4.69, 9.17) is 18.5 Å². The van der Waals surface area contributed by atoms with E-state index in [1.54, 1.807) is 0 Å². The van der Waals surface area contributed by atoms with Crippen molar-refractivity contribution in [3.8, 4) is 0 Å². The van der Waals surface area contributed by atoms with Crippen molar-refractivity contribution in [3.63, 3.8) is 0 Å². The lowest BCUT2D eigenvalue weighted by molar-refractivity contribution is -0.220. The molecule has 0 bridgehead atoms. The van der Waals surface area contributed by atoms with E-state index >= 15 is 0 Å². The number of ether oxygens (including phenoxy) is 2. The van der Waals surface area contributed by atoms with Gasteiger partial charge in [0.2, 0.25) is 0 Å². The third-order valence-electron chi connectivity index (χ3n) is 13.2. The van der Waals surface area contributed by atoms with Crippen molar-refractivity contribution in [2.75, 3.05) is 19.8 Å². The van der Waals surface area contributed by atoms with Crippen molar-refractivity contribution >= 4 is 13.8 Å². The fourth-order valence-corrected chi connectivity index (χ4v) is 9.65. The standard InChI is InChI=1S/C58H105O12P/c1-3-5-7-9-11-13-15-17-19-21-23-25-27-29-31-33-35-37-39-41-43-45-47-52(59)69-51(50-68-71(65,66)70-58-56(63)54(61)53(60)55(62)57(58)64)49-67-48-46-44-42-40-38-36-34-32-30-28-26-24-22-20-18-16-14-12-10-8-6-4-2/h6,8,12,14,18,20,24,26,30,32,51,53-58,60-64H,3-5,7,9-11,13,15-17,19,21-23,25,27-29,31,33-50H2,1-2H3,(H,65,66)/b8-6-,14-12-,20-18-,26-24-,32-30-. The molecule has 1 aliphatic rings. The van der Waals surface area contributed by atoms with Gasteiger partial charge >= 0.3 is 13.8 Å². The fourth-order valence-electron chi connectivity index (χ4n) is 8.68. The highest BCUT2D eigenvalue weighted by Crippen LogP contribution is 2.47. The molecule has 0 aromatic heterocycles. The summed E-state index contributed by atoms with van der Waals surface area (Å²) >= 11 is 0. The average Bonchev–Trinajstić information content (AvgIpc) is 3.36. The predicted molar refractivity (Wildman–Crippen MR) is 290 cm³/mol. The Labute approximate surface area is 432 Å². The molecule has 0 aliphatic heterocycles. The fraction of sp³-hybridized carbons (Fsp3) is 0.810. The Balaban J connectivity index is 2.30. The number of aliphatic hydroxyl groups is 5. The first kappa shape index (κ1) is 67.1. The second kappa shape index (κ2) is 47.7. The smallest absolute Gasteiger partial charge is 0.457 e. The van der Waals surface area contributed by atoms with Crippen molar-refractivity contribution in [2.24, 2.45) is 0 Å². The second-order valence-corrected chi connectivity index (χ2v) is 21.2. The van der Waals surface area contributed by atoms with Gasteiger partial charge < -0.3 is 39.9 Å². The average molecular weight is 1030 g/mol. The maximum Gasteiger partial charge on any atom is 0.472 e. The Hall–Kier alpha value is -1.96. The highest BCUT2D eigenvalue weighted by Gasteiger charge is 2.51. The van der Waals surface area contributed by atoms with Crippen LogP contribution >= 0.6 is 7.82 Å². The summed E-state index contributed by atoms with van der Waals surface area (Å²) in [6.07, 6.45) is 50.0. The molecule has 6 N–H and O–H groups in total. The molecule has 71 heavy (non-hydrogen) atoms. The van der Waals surface area contributed by atoms with Gasteiger partial charge in [-0.25, -0.2) is 4.57 Å². The highest BCUT2D eigenvalue weighted by molar-refractivity contribution is 7.47. The molecule has 1 fully saturated rings. The molecule has 0 saturated heterocycles. The van der Waals surface area contributed by atoms with E-state index in [-0.39, 0.29) is 13.0 Å². The molecule has 0 aromatic carbocycles. The molecule has 1 rings (SSSR count). The lowest BCUT2D eigenvalue weighted by Gasteiger charge is -2.41. The van der Waals surface area contributed by atoms with E-state index < -0.39 is 63.1 Å². The summed E-state index contributed by atoms with van der Waals surface area (Å²) in [5, 5.41) is 50.4. The molecule has 13 heteroatoms. The van der Waals surface area contributed by atoms with Crippen LogP contribution in [0.3, 0.4) is 0 Å². The molecule has 1 saturated carbocycles. The van der Waals surface area contributed by atoms with E-state index in [1.165, 1.54) is 116 Å². The van der Waals surface area contributed by atoms with Gasteiger partial charge in [-0.05, 0) is 57.8 Å². The van der Waals surface area contributed by atoms with Gasteiger partial charge in [0.1, 0.15) is 42.7 Å². The van der Waals surface area contributed by atoms with Crippen molar-refractivity contribution in [2.45, 2.75) is 281 Å². The van der Waals surface area contributed by atoms with E-state index in [9.17, 15) is 39.8 Å². The van der Waals surface area contributed by atoms with Crippen LogP contribution in [-0.2, 0) is 27.9 Å². The van der Waals surface area contributed by atoms with Crippen LogP contribution in [0.25, 0.3) is 0 Å². The van der Waals surface area contributed by atoms with Crippen molar-refractivity contribution in [1.29, 1.82) is 0 Å². The maximum absolute atomic E-state index is 12.9. The van der Waals surface area contributed by atoms with E-state index in [1.807, 2.05) is 0 Å². The Bertz CT molecular complexity index is 1400. The first-order chi connectivity index (χ1) is 34.5. The number of hydrogen-bond acceptors (Lipinski definition) is 11. The Morgan fingerprint density at radius 2 is 0.831 bits per heavy atom. The van der Waals surface area contributed by atoms with Gasteiger partial charge in [0.15, 0.2) is 0 Å². The van der Waals surface area contributed by atoms with Crippen LogP contribution in [0.15, 0.2) is 60.8 Å². The molecule has 0 heterocycles. The maximum atomic E-state index is 12.9. The first-order valence-corrected chi connectivity index (χ1v) is 30.1.